The van der Waals surface area contributed by atoms with Gasteiger partial charge in [0.05, 0.1) is 6.10 Å². The molecule has 3 aromatic rings. The quantitative estimate of drug-likeness (QED) is 0.533. The molecule has 3 N–H and O–H groups in total. The van der Waals surface area contributed by atoms with Gasteiger partial charge in [0, 0.05) is 31.2 Å². The molecule has 0 unspecified atom stereocenters. The number of fused-ring (bicyclic) bond motifs is 1. The highest BCUT2D eigenvalue weighted by atomic mass is 16.3. The number of likely N-dealkylation sites (tertiary alicyclic amines) is 1. The number of aromatic nitrogens is 3. The number of piperidine rings is 1. The highest BCUT2D eigenvalue weighted by Crippen LogP contribution is 2.22. The predicted octanol–water partition coefficient (Wildman–Crippen LogP) is 3.68. The maximum Gasteiger partial charge on any atom is 0.258 e. The third-order valence-electron chi connectivity index (χ3n) is 6.72. The SMILES string of the molecule is O=C(Nc1nc2cccc(NC3CCCCC3)n2n1)c1ccc(CN2CCC(O)CC2)cc1. The van der Waals surface area contributed by atoms with Crippen LogP contribution in [-0.2, 0) is 6.54 Å². The van der Waals surface area contributed by atoms with Crippen molar-refractivity contribution < 1.29 is 9.90 Å². The summed E-state index contributed by atoms with van der Waals surface area (Å²) in [5.74, 6) is 0.983. The maximum absolute atomic E-state index is 12.8. The first-order valence-corrected chi connectivity index (χ1v) is 12.1. The van der Waals surface area contributed by atoms with E-state index in [1.807, 2.05) is 42.5 Å². The minimum Gasteiger partial charge on any atom is -0.393 e. The average molecular weight is 449 g/mol. The van der Waals surface area contributed by atoms with Gasteiger partial charge in [-0.25, -0.2) is 0 Å². The number of carbonyl (C=O) groups is 1. The maximum atomic E-state index is 12.8. The monoisotopic (exact) mass is 448 g/mol. The van der Waals surface area contributed by atoms with Gasteiger partial charge in [0.2, 0.25) is 5.95 Å². The zero-order valence-corrected chi connectivity index (χ0v) is 18.9. The van der Waals surface area contributed by atoms with Gasteiger partial charge >= 0.3 is 0 Å². The number of aliphatic hydroxyl groups excluding tert-OH is 1. The van der Waals surface area contributed by atoms with Gasteiger partial charge < -0.3 is 10.4 Å². The second-order valence-electron chi connectivity index (χ2n) is 9.25. The average Bonchev–Trinajstić information content (AvgIpc) is 3.25. The Bertz CT molecular complexity index is 1080. The third kappa shape index (κ3) is 5.34. The van der Waals surface area contributed by atoms with E-state index in [4.69, 9.17) is 0 Å². The number of carbonyl (C=O) groups excluding carboxylic acids is 1. The van der Waals surface area contributed by atoms with Crippen molar-refractivity contribution in [2.45, 2.75) is 63.6 Å². The lowest BCUT2D eigenvalue weighted by atomic mass is 9.95. The minimum atomic E-state index is -0.222. The summed E-state index contributed by atoms with van der Waals surface area (Å²) in [6, 6.07) is 14.0. The van der Waals surface area contributed by atoms with Crippen LogP contribution in [0.4, 0.5) is 11.8 Å². The first-order chi connectivity index (χ1) is 16.1. The molecule has 8 nitrogen and oxygen atoms in total. The summed E-state index contributed by atoms with van der Waals surface area (Å²) in [5, 5.41) is 20.6. The largest absolute Gasteiger partial charge is 0.393 e. The van der Waals surface area contributed by atoms with Crippen LogP contribution in [0.25, 0.3) is 5.65 Å². The molecular formula is C25H32N6O2. The van der Waals surface area contributed by atoms with Crippen LogP contribution in [0.2, 0.25) is 0 Å². The van der Waals surface area contributed by atoms with E-state index in [0.717, 1.165) is 43.9 Å². The first-order valence-electron chi connectivity index (χ1n) is 12.1. The molecule has 1 aliphatic heterocycles. The molecule has 1 saturated heterocycles. The van der Waals surface area contributed by atoms with Crippen LogP contribution >= 0.6 is 0 Å². The molecule has 0 atom stereocenters. The highest BCUT2D eigenvalue weighted by molar-refractivity contribution is 6.03. The van der Waals surface area contributed by atoms with E-state index in [9.17, 15) is 9.90 Å². The van der Waals surface area contributed by atoms with Crippen molar-refractivity contribution in [2.24, 2.45) is 0 Å². The Morgan fingerprint density at radius 1 is 1.00 bits per heavy atom. The molecule has 1 aliphatic carbocycles. The van der Waals surface area contributed by atoms with Crippen molar-refractivity contribution in [3.8, 4) is 0 Å². The van der Waals surface area contributed by atoms with E-state index in [1.54, 1.807) is 4.52 Å². The second kappa shape index (κ2) is 9.89. The van der Waals surface area contributed by atoms with Crippen LogP contribution in [0.1, 0.15) is 60.9 Å². The summed E-state index contributed by atoms with van der Waals surface area (Å²) in [7, 11) is 0. The van der Waals surface area contributed by atoms with Crippen molar-refractivity contribution in [2.75, 3.05) is 23.7 Å². The molecule has 174 valence electrons. The van der Waals surface area contributed by atoms with Gasteiger partial charge in [-0.05, 0) is 55.5 Å². The normalized spacial score (nSPS) is 18.5. The summed E-state index contributed by atoms with van der Waals surface area (Å²) in [5.41, 5.74) is 2.44. The molecule has 2 aliphatic rings. The lowest BCUT2D eigenvalue weighted by molar-refractivity contribution is 0.0792. The summed E-state index contributed by atoms with van der Waals surface area (Å²) >= 11 is 0. The molecule has 2 fully saturated rings. The molecule has 8 heteroatoms. The van der Waals surface area contributed by atoms with E-state index in [-0.39, 0.29) is 12.0 Å². The van der Waals surface area contributed by atoms with Crippen LogP contribution in [0.3, 0.4) is 0 Å². The fourth-order valence-corrected chi connectivity index (χ4v) is 4.79. The third-order valence-corrected chi connectivity index (χ3v) is 6.72. The van der Waals surface area contributed by atoms with E-state index >= 15 is 0 Å². The minimum absolute atomic E-state index is 0.167. The number of aliphatic hydroxyl groups is 1. The Kier molecular flexibility index (Phi) is 6.55. The van der Waals surface area contributed by atoms with Gasteiger partial charge in [0.1, 0.15) is 5.82 Å². The van der Waals surface area contributed by atoms with Gasteiger partial charge in [-0.1, -0.05) is 37.5 Å². The predicted molar refractivity (Wildman–Crippen MR) is 128 cm³/mol. The number of rotatable bonds is 6. The van der Waals surface area contributed by atoms with Crippen molar-refractivity contribution in [3.05, 3.63) is 53.6 Å². The molecule has 0 radical (unpaired) electrons. The Morgan fingerprint density at radius 2 is 1.76 bits per heavy atom. The number of nitrogens with zero attached hydrogens (tertiary/aromatic N) is 4. The van der Waals surface area contributed by atoms with E-state index in [0.29, 0.717) is 23.2 Å². The molecule has 2 aromatic heterocycles. The number of hydrogen-bond acceptors (Lipinski definition) is 6. The molecule has 3 heterocycles. The Morgan fingerprint density at radius 3 is 2.52 bits per heavy atom. The zero-order valence-electron chi connectivity index (χ0n) is 18.9. The number of amides is 1. The van der Waals surface area contributed by atoms with Gasteiger partial charge in [0.15, 0.2) is 5.65 Å². The van der Waals surface area contributed by atoms with E-state index in [1.165, 1.54) is 32.1 Å². The fourth-order valence-electron chi connectivity index (χ4n) is 4.79. The molecule has 33 heavy (non-hydrogen) atoms. The van der Waals surface area contributed by atoms with E-state index in [2.05, 4.69) is 25.6 Å². The Hall–Kier alpha value is -2.97. The van der Waals surface area contributed by atoms with Crippen molar-refractivity contribution >= 4 is 23.3 Å². The van der Waals surface area contributed by atoms with Crippen LogP contribution in [0.5, 0.6) is 0 Å². The number of benzene rings is 1. The van der Waals surface area contributed by atoms with Crippen molar-refractivity contribution in [3.63, 3.8) is 0 Å². The second-order valence-corrected chi connectivity index (χ2v) is 9.25. The van der Waals surface area contributed by atoms with Crippen molar-refractivity contribution in [1.29, 1.82) is 0 Å². The topological polar surface area (TPSA) is 94.8 Å². The van der Waals surface area contributed by atoms with Gasteiger partial charge in [0.25, 0.3) is 5.91 Å². The molecule has 1 amide bonds. The van der Waals surface area contributed by atoms with Crippen molar-refractivity contribution in [1.82, 2.24) is 19.5 Å². The summed E-state index contributed by atoms with van der Waals surface area (Å²) in [4.78, 5) is 19.6. The molecule has 1 saturated carbocycles. The van der Waals surface area contributed by atoms with Crippen LogP contribution in [0.15, 0.2) is 42.5 Å². The molecular weight excluding hydrogens is 416 g/mol. The number of nitrogens with one attached hydrogen (secondary N) is 2. The van der Waals surface area contributed by atoms with Gasteiger partial charge in [-0.15, -0.1) is 5.10 Å². The Labute approximate surface area is 194 Å². The lowest BCUT2D eigenvalue weighted by Crippen LogP contribution is -2.35. The lowest BCUT2D eigenvalue weighted by Gasteiger charge is -2.29. The smallest absolute Gasteiger partial charge is 0.258 e. The summed E-state index contributed by atoms with van der Waals surface area (Å²) in [6.07, 6.45) is 7.65. The number of anilines is 2. The molecule has 0 spiro atoms. The fraction of sp³-hybridized carbons (Fsp3) is 0.480. The molecule has 1 aromatic carbocycles. The van der Waals surface area contributed by atoms with E-state index < -0.39 is 0 Å². The highest BCUT2D eigenvalue weighted by Gasteiger charge is 2.18. The standard InChI is InChI=1S/C25H32N6O2/c32-21-13-15-30(16-14-21)17-18-9-11-19(12-10-18)24(33)28-25-27-23-8-4-7-22(31(23)29-25)26-20-5-2-1-3-6-20/h4,7-12,20-21,26,32H,1-3,5-6,13-17H2,(H,28,29,33). The zero-order chi connectivity index (χ0) is 22.6. The van der Waals surface area contributed by atoms with Crippen LogP contribution in [0, 0.1) is 0 Å². The first kappa shape index (κ1) is 21.9. The Balaban J connectivity index is 1.23. The summed E-state index contributed by atoms with van der Waals surface area (Å²) in [6.45, 7) is 2.64. The number of pyridine rings is 1. The number of hydrogen-bond donors (Lipinski definition) is 3. The van der Waals surface area contributed by atoms with Crippen LogP contribution in [-0.4, -0.2) is 55.7 Å². The van der Waals surface area contributed by atoms with Gasteiger partial charge in [-0.2, -0.15) is 9.50 Å². The van der Waals surface area contributed by atoms with Gasteiger partial charge in [-0.3, -0.25) is 15.0 Å². The molecule has 5 rings (SSSR count). The van der Waals surface area contributed by atoms with Crippen LogP contribution < -0.4 is 10.6 Å². The molecule has 0 bridgehead atoms. The summed E-state index contributed by atoms with van der Waals surface area (Å²) < 4.78 is 1.77.